The second-order valence-electron chi connectivity index (χ2n) is 6.91. The summed E-state index contributed by atoms with van der Waals surface area (Å²) in [6, 6.07) is 7.31. The predicted molar refractivity (Wildman–Crippen MR) is 106 cm³/mol. The van der Waals surface area contributed by atoms with E-state index in [4.69, 9.17) is 21.0 Å². The van der Waals surface area contributed by atoms with Gasteiger partial charge in [-0.15, -0.1) is 0 Å². The molecule has 1 fully saturated rings. The Morgan fingerprint density at radius 2 is 2.14 bits per heavy atom. The Bertz CT molecular complexity index is 1090. The van der Waals surface area contributed by atoms with Gasteiger partial charge >= 0.3 is 6.01 Å². The Morgan fingerprint density at radius 3 is 2.93 bits per heavy atom. The Labute approximate surface area is 165 Å². The fourth-order valence-corrected chi connectivity index (χ4v) is 4.13. The molecule has 2 aliphatic rings. The number of hydrogen-bond donors (Lipinski definition) is 1. The molecule has 9 heteroatoms. The summed E-state index contributed by atoms with van der Waals surface area (Å²) in [7, 11) is 1.80. The zero-order valence-electron chi connectivity index (χ0n) is 15.1. The molecule has 3 heterocycles. The van der Waals surface area contributed by atoms with Crippen LogP contribution in [0, 0.1) is 5.92 Å². The lowest BCUT2D eigenvalue weighted by atomic mass is 9.79. The number of anilines is 1. The van der Waals surface area contributed by atoms with E-state index in [1.54, 1.807) is 17.9 Å². The number of guanidine groups is 1. The highest BCUT2D eigenvalue weighted by Gasteiger charge is 2.41. The number of para-hydroxylation sites is 2. The highest BCUT2D eigenvalue weighted by molar-refractivity contribution is 6.31. The molecule has 0 bridgehead atoms. The van der Waals surface area contributed by atoms with E-state index in [0.29, 0.717) is 34.7 Å². The number of hydrogen-bond acceptors (Lipinski definition) is 7. The molecule has 142 valence electrons. The zero-order valence-corrected chi connectivity index (χ0v) is 15.8. The molecule has 0 amide bonds. The minimum Gasteiger partial charge on any atom is -0.423 e. The molecule has 1 saturated carbocycles. The van der Waals surface area contributed by atoms with Crippen LogP contribution in [0.4, 0.5) is 6.01 Å². The van der Waals surface area contributed by atoms with E-state index in [-0.39, 0.29) is 5.78 Å². The molecule has 1 N–H and O–H groups in total. The van der Waals surface area contributed by atoms with Crippen LogP contribution in [0.3, 0.4) is 0 Å². The van der Waals surface area contributed by atoms with Gasteiger partial charge in [-0.05, 0) is 25.0 Å². The van der Waals surface area contributed by atoms with Gasteiger partial charge < -0.3 is 4.42 Å². The number of halogens is 1. The van der Waals surface area contributed by atoms with E-state index in [9.17, 15) is 4.79 Å². The quantitative estimate of drug-likeness (QED) is 0.714. The van der Waals surface area contributed by atoms with Gasteiger partial charge in [0.15, 0.2) is 5.58 Å². The van der Waals surface area contributed by atoms with Gasteiger partial charge in [0.1, 0.15) is 17.3 Å². The number of ketones is 1. The number of nitrogens with zero attached hydrogens (tertiary/aromatic N) is 5. The molecule has 8 nitrogen and oxygen atoms in total. The van der Waals surface area contributed by atoms with E-state index in [1.807, 2.05) is 24.3 Å². The zero-order chi connectivity index (χ0) is 19.3. The number of carbonyl (C=O) groups is 1. The first kappa shape index (κ1) is 17.1. The number of benzene rings is 1. The van der Waals surface area contributed by atoms with Crippen LogP contribution in [0.15, 0.2) is 44.9 Å². The van der Waals surface area contributed by atoms with Gasteiger partial charge in [0.2, 0.25) is 5.96 Å². The van der Waals surface area contributed by atoms with E-state index >= 15 is 0 Å². The summed E-state index contributed by atoms with van der Waals surface area (Å²) in [4.78, 5) is 26.4. The second-order valence-corrected chi connectivity index (χ2v) is 7.32. The Balaban J connectivity index is 1.56. The van der Waals surface area contributed by atoms with Gasteiger partial charge in [-0.25, -0.2) is 9.98 Å². The lowest BCUT2D eigenvalue weighted by Gasteiger charge is -2.31. The maximum absolute atomic E-state index is 12.7. The SMILES string of the molecule is Cn1ncc(Cl)c1C1N=C(Nc2nc3ccccc3o2)N=C2CCCC(=O)C21. The molecule has 1 aromatic carbocycles. The van der Waals surface area contributed by atoms with Crippen molar-refractivity contribution in [2.24, 2.45) is 23.0 Å². The van der Waals surface area contributed by atoms with Crippen molar-refractivity contribution >= 4 is 46.2 Å². The topological polar surface area (TPSA) is 97.7 Å². The lowest BCUT2D eigenvalue weighted by Crippen LogP contribution is -2.38. The summed E-state index contributed by atoms with van der Waals surface area (Å²) in [5.41, 5.74) is 2.93. The van der Waals surface area contributed by atoms with Crippen LogP contribution in [-0.4, -0.2) is 32.2 Å². The van der Waals surface area contributed by atoms with E-state index in [1.165, 1.54) is 0 Å². The van der Waals surface area contributed by atoms with Crippen LogP contribution in [0.5, 0.6) is 0 Å². The van der Waals surface area contributed by atoms with E-state index < -0.39 is 12.0 Å². The predicted octanol–water partition coefficient (Wildman–Crippen LogP) is 3.55. The molecule has 28 heavy (non-hydrogen) atoms. The molecule has 3 aromatic rings. The van der Waals surface area contributed by atoms with E-state index in [0.717, 1.165) is 24.1 Å². The molecule has 0 spiro atoms. The number of aliphatic imine (C=N–C) groups is 2. The molecular formula is C19H17ClN6O2. The first-order chi connectivity index (χ1) is 13.6. The standard InChI is InChI=1S/C19H17ClN6O2/c1-26-17(10(20)9-21-26)16-15-12(6-4-7-13(15)27)22-18(24-16)25-19-23-11-5-2-3-8-14(11)28-19/h2-3,5,8-9,15-16H,4,6-7H2,1H3,(H,23,24,25). The summed E-state index contributed by atoms with van der Waals surface area (Å²) in [5, 5.41) is 7.74. The number of Topliss-reactive ketones (excluding diaryl/α,β-unsaturated/α-hetero) is 1. The van der Waals surface area contributed by atoms with Gasteiger partial charge in [0.05, 0.1) is 22.8 Å². The van der Waals surface area contributed by atoms with Crippen molar-refractivity contribution in [2.75, 3.05) is 5.32 Å². The Hall–Kier alpha value is -3.00. The summed E-state index contributed by atoms with van der Waals surface area (Å²) in [6.45, 7) is 0. The fraction of sp³-hybridized carbons (Fsp3) is 0.316. The molecule has 2 unspecified atom stereocenters. The highest BCUT2D eigenvalue weighted by atomic mass is 35.5. The van der Waals surface area contributed by atoms with Crippen LogP contribution in [-0.2, 0) is 11.8 Å². The molecule has 2 atom stereocenters. The first-order valence-corrected chi connectivity index (χ1v) is 9.46. The van der Waals surface area contributed by atoms with Crippen LogP contribution in [0.2, 0.25) is 5.02 Å². The summed E-state index contributed by atoms with van der Waals surface area (Å²) >= 11 is 6.36. The summed E-state index contributed by atoms with van der Waals surface area (Å²) in [6.07, 6.45) is 3.63. The van der Waals surface area contributed by atoms with Gasteiger partial charge in [0.25, 0.3) is 0 Å². The van der Waals surface area contributed by atoms with Crippen molar-refractivity contribution in [1.82, 2.24) is 14.8 Å². The van der Waals surface area contributed by atoms with Crippen molar-refractivity contribution in [2.45, 2.75) is 25.3 Å². The van der Waals surface area contributed by atoms with Crippen molar-refractivity contribution in [3.8, 4) is 0 Å². The van der Waals surface area contributed by atoms with Gasteiger partial charge in [-0.2, -0.15) is 10.1 Å². The van der Waals surface area contributed by atoms with Crippen LogP contribution < -0.4 is 5.32 Å². The molecule has 0 radical (unpaired) electrons. The average molecular weight is 397 g/mol. The number of aryl methyl sites for hydroxylation is 1. The molecule has 1 aliphatic carbocycles. The van der Waals surface area contributed by atoms with Crippen molar-refractivity contribution in [3.05, 3.63) is 41.2 Å². The number of nitrogens with one attached hydrogen (secondary N) is 1. The van der Waals surface area contributed by atoms with Crippen LogP contribution in [0.25, 0.3) is 11.1 Å². The Kier molecular flexibility index (Phi) is 4.01. The normalized spacial score (nSPS) is 22.0. The van der Waals surface area contributed by atoms with Crippen molar-refractivity contribution in [1.29, 1.82) is 0 Å². The van der Waals surface area contributed by atoms with Crippen LogP contribution in [0.1, 0.15) is 31.0 Å². The maximum atomic E-state index is 12.7. The minimum atomic E-state index is -0.479. The smallest absolute Gasteiger partial charge is 0.302 e. The maximum Gasteiger partial charge on any atom is 0.302 e. The number of carbonyl (C=O) groups excluding carboxylic acids is 1. The fourth-order valence-electron chi connectivity index (χ4n) is 3.85. The average Bonchev–Trinajstić information content (AvgIpc) is 3.23. The van der Waals surface area contributed by atoms with Gasteiger partial charge in [-0.1, -0.05) is 23.7 Å². The first-order valence-electron chi connectivity index (χ1n) is 9.08. The molecule has 1 aliphatic heterocycles. The molecule has 2 aromatic heterocycles. The molecular weight excluding hydrogens is 380 g/mol. The number of rotatable bonds is 2. The number of aromatic nitrogens is 3. The Morgan fingerprint density at radius 1 is 1.29 bits per heavy atom. The van der Waals surface area contributed by atoms with Crippen molar-refractivity contribution in [3.63, 3.8) is 0 Å². The number of fused-ring (bicyclic) bond motifs is 2. The van der Waals surface area contributed by atoms with Gasteiger partial charge in [-0.3, -0.25) is 14.8 Å². The molecule has 0 saturated heterocycles. The van der Waals surface area contributed by atoms with Crippen LogP contribution >= 0.6 is 11.6 Å². The third kappa shape index (κ3) is 2.80. The summed E-state index contributed by atoms with van der Waals surface area (Å²) in [5.74, 6) is 0.0857. The monoisotopic (exact) mass is 396 g/mol. The lowest BCUT2D eigenvalue weighted by molar-refractivity contribution is -0.122. The third-order valence-corrected chi connectivity index (χ3v) is 5.41. The minimum absolute atomic E-state index is 0.136. The second kappa shape index (κ2) is 6.56. The molecule has 5 rings (SSSR count). The van der Waals surface area contributed by atoms with E-state index in [2.05, 4.69) is 20.4 Å². The van der Waals surface area contributed by atoms with Gasteiger partial charge in [0, 0.05) is 19.2 Å². The summed E-state index contributed by atoms with van der Waals surface area (Å²) < 4.78 is 7.38. The third-order valence-electron chi connectivity index (χ3n) is 5.12. The highest BCUT2D eigenvalue weighted by Crippen LogP contribution is 2.39. The number of oxazole rings is 1. The van der Waals surface area contributed by atoms with Crippen molar-refractivity contribution < 1.29 is 9.21 Å². The largest absolute Gasteiger partial charge is 0.423 e.